The van der Waals surface area contributed by atoms with Crippen LogP contribution in [-0.4, -0.2) is 0 Å². The van der Waals surface area contributed by atoms with Gasteiger partial charge in [-0.05, 0) is 116 Å². The average Bonchev–Trinajstić information content (AvgIpc) is 3.46. The van der Waals surface area contributed by atoms with Gasteiger partial charge in [0.25, 0.3) is 0 Å². The van der Waals surface area contributed by atoms with Crippen LogP contribution < -0.4 is 0 Å². The van der Waals surface area contributed by atoms with E-state index in [1.54, 1.807) is 0 Å². The van der Waals surface area contributed by atoms with Crippen LogP contribution in [0.3, 0.4) is 0 Å². The summed E-state index contributed by atoms with van der Waals surface area (Å²) < 4.78 is 0. The van der Waals surface area contributed by atoms with E-state index in [0.717, 1.165) is 0 Å². The molecule has 0 N–H and O–H groups in total. The highest BCUT2D eigenvalue weighted by atomic mass is 14.4. The van der Waals surface area contributed by atoms with E-state index in [9.17, 15) is 0 Å². The van der Waals surface area contributed by atoms with E-state index in [0.29, 0.717) is 0 Å². The van der Waals surface area contributed by atoms with Gasteiger partial charge in [-0.15, -0.1) is 0 Å². The highest BCUT2D eigenvalue weighted by Gasteiger charge is 2.38. The van der Waals surface area contributed by atoms with Crippen LogP contribution >= 0.6 is 0 Å². The predicted octanol–water partition coefficient (Wildman–Crippen LogP) is 14.8. The van der Waals surface area contributed by atoms with Gasteiger partial charge in [0.05, 0.1) is 0 Å². The summed E-state index contributed by atoms with van der Waals surface area (Å²) in [6.07, 6.45) is 0. The number of hydrogen-bond acceptors (Lipinski definition) is 0. The zero-order valence-electron chi connectivity index (χ0n) is 29.8. The largest absolute Gasteiger partial charge is 0.0616 e. The first-order valence-corrected chi connectivity index (χ1v) is 18.7. The van der Waals surface area contributed by atoms with Gasteiger partial charge in [0.1, 0.15) is 0 Å². The van der Waals surface area contributed by atoms with E-state index >= 15 is 0 Å². The van der Waals surface area contributed by atoms with Gasteiger partial charge in [0.2, 0.25) is 0 Å². The Morgan fingerprint density at radius 2 is 0.774 bits per heavy atom. The Hall–Kier alpha value is -6.50. The fourth-order valence-corrected chi connectivity index (χ4v) is 9.63. The van der Waals surface area contributed by atoms with E-state index in [2.05, 4.69) is 196 Å². The third-order valence-electron chi connectivity index (χ3n) is 12.0. The molecule has 0 aliphatic heterocycles. The Labute approximate surface area is 309 Å². The average molecular weight is 673 g/mol. The molecule has 11 rings (SSSR count). The maximum Gasteiger partial charge on any atom is 0.0165 e. The molecule has 0 fully saturated rings. The van der Waals surface area contributed by atoms with Crippen molar-refractivity contribution < 1.29 is 0 Å². The molecular formula is C53H36. The predicted molar refractivity (Wildman–Crippen MR) is 228 cm³/mol. The lowest BCUT2D eigenvalue weighted by Crippen LogP contribution is -2.16. The third kappa shape index (κ3) is 4.36. The molecule has 0 aromatic heterocycles. The summed E-state index contributed by atoms with van der Waals surface area (Å²) >= 11 is 0. The molecule has 0 nitrogen and oxygen atoms in total. The molecule has 10 aromatic carbocycles. The second-order valence-electron chi connectivity index (χ2n) is 15.2. The topological polar surface area (TPSA) is 0 Å². The van der Waals surface area contributed by atoms with Crippen molar-refractivity contribution in [1.29, 1.82) is 0 Å². The Bertz CT molecular complexity index is 3060. The highest BCUT2D eigenvalue weighted by molar-refractivity contribution is 6.22. The van der Waals surface area contributed by atoms with Crippen molar-refractivity contribution in [2.24, 2.45) is 0 Å². The fourth-order valence-electron chi connectivity index (χ4n) is 9.63. The minimum atomic E-state index is -0.109. The summed E-state index contributed by atoms with van der Waals surface area (Å²) in [5.41, 5.74) is 13.1. The molecule has 0 spiro atoms. The van der Waals surface area contributed by atoms with Crippen LogP contribution in [0.5, 0.6) is 0 Å². The van der Waals surface area contributed by atoms with Crippen LogP contribution in [0, 0.1) is 0 Å². The molecule has 10 aromatic rings. The molecule has 1 aliphatic carbocycles. The van der Waals surface area contributed by atoms with Gasteiger partial charge in [-0.25, -0.2) is 0 Å². The second-order valence-corrected chi connectivity index (χ2v) is 15.2. The minimum absolute atomic E-state index is 0.109. The first kappa shape index (κ1) is 30.2. The quantitative estimate of drug-likeness (QED) is 0.129. The number of benzene rings is 10. The van der Waals surface area contributed by atoms with Crippen molar-refractivity contribution in [3.63, 3.8) is 0 Å². The lowest BCUT2D eigenvalue weighted by atomic mass is 9.78. The maximum atomic E-state index is 2.39. The summed E-state index contributed by atoms with van der Waals surface area (Å²) in [6, 6.07) is 67.8. The lowest BCUT2D eigenvalue weighted by molar-refractivity contribution is 0.662. The van der Waals surface area contributed by atoms with Gasteiger partial charge in [-0.3, -0.25) is 0 Å². The van der Waals surface area contributed by atoms with Crippen molar-refractivity contribution in [2.45, 2.75) is 19.3 Å². The Morgan fingerprint density at radius 3 is 1.45 bits per heavy atom. The Kier molecular flexibility index (Phi) is 6.40. The molecule has 0 amide bonds. The van der Waals surface area contributed by atoms with E-state index in [1.165, 1.54) is 109 Å². The molecule has 0 bridgehead atoms. The first-order chi connectivity index (χ1) is 26.1. The van der Waals surface area contributed by atoms with Crippen molar-refractivity contribution >= 4 is 53.9 Å². The van der Waals surface area contributed by atoms with Crippen LogP contribution in [-0.2, 0) is 5.41 Å². The molecule has 0 saturated carbocycles. The molecule has 0 unspecified atom stereocenters. The number of hydrogen-bond donors (Lipinski definition) is 0. The monoisotopic (exact) mass is 672 g/mol. The Balaban J connectivity index is 1.08. The molecule has 0 atom stereocenters. The van der Waals surface area contributed by atoms with Gasteiger partial charge in [0.15, 0.2) is 0 Å². The van der Waals surface area contributed by atoms with Crippen molar-refractivity contribution in [3.8, 4) is 44.5 Å². The van der Waals surface area contributed by atoms with Gasteiger partial charge < -0.3 is 0 Å². The van der Waals surface area contributed by atoms with Crippen LogP contribution in [0.2, 0.25) is 0 Å². The summed E-state index contributed by atoms with van der Waals surface area (Å²) in [5, 5.41) is 12.9. The van der Waals surface area contributed by atoms with E-state index in [-0.39, 0.29) is 5.41 Å². The fraction of sp³-hybridized carbons (Fsp3) is 0.0566. The highest BCUT2D eigenvalue weighted by Crippen LogP contribution is 2.54. The van der Waals surface area contributed by atoms with Crippen LogP contribution in [0.1, 0.15) is 25.0 Å². The number of rotatable bonds is 3. The lowest BCUT2D eigenvalue weighted by Gasteiger charge is -2.25. The normalized spacial score (nSPS) is 13.2. The summed E-state index contributed by atoms with van der Waals surface area (Å²) in [4.78, 5) is 0. The van der Waals surface area contributed by atoms with Gasteiger partial charge in [-0.2, -0.15) is 0 Å². The van der Waals surface area contributed by atoms with Gasteiger partial charge in [0, 0.05) is 5.41 Å². The third-order valence-corrected chi connectivity index (χ3v) is 12.0. The second kappa shape index (κ2) is 11.2. The summed E-state index contributed by atoms with van der Waals surface area (Å²) in [5.74, 6) is 0. The minimum Gasteiger partial charge on any atom is -0.0616 e. The molecule has 0 saturated heterocycles. The molecular weight excluding hydrogens is 637 g/mol. The molecule has 0 heterocycles. The maximum absolute atomic E-state index is 2.39. The molecule has 0 heteroatoms. The van der Waals surface area contributed by atoms with E-state index in [4.69, 9.17) is 0 Å². The summed E-state index contributed by atoms with van der Waals surface area (Å²) in [7, 11) is 0. The van der Waals surface area contributed by atoms with Crippen molar-refractivity contribution in [1.82, 2.24) is 0 Å². The van der Waals surface area contributed by atoms with Crippen LogP contribution in [0.4, 0.5) is 0 Å². The molecule has 0 radical (unpaired) electrons. The first-order valence-electron chi connectivity index (χ1n) is 18.7. The van der Waals surface area contributed by atoms with Crippen LogP contribution in [0.25, 0.3) is 98.4 Å². The standard InChI is InChI=1S/C53H36/c1-53(2)48-31-29-34-13-4-6-15-41(34)51(48)47-21-11-20-42(52(47)53)35-22-25-36(26-23-35)49-43-16-7-9-18-45(43)50(46-19-10-8-17-44(46)49)38-28-30-40-37(32-38)27-24-33-12-3-5-14-39(33)40/h3-32H,1-2H3. The van der Waals surface area contributed by atoms with Crippen LogP contribution in [0.15, 0.2) is 182 Å². The van der Waals surface area contributed by atoms with Crippen molar-refractivity contribution in [3.05, 3.63) is 193 Å². The SMILES string of the molecule is CC1(C)c2ccc3ccccc3c2-c2cccc(-c3ccc(-c4c5ccccc5c(-c5ccc6c(ccc7ccccc76)c5)c5ccccc45)cc3)c21. The molecule has 248 valence electrons. The smallest absolute Gasteiger partial charge is 0.0165 e. The van der Waals surface area contributed by atoms with Gasteiger partial charge >= 0.3 is 0 Å². The molecule has 53 heavy (non-hydrogen) atoms. The summed E-state index contributed by atoms with van der Waals surface area (Å²) in [6.45, 7) is 4.78. The van der Waals surface area contributed by atoms with Gasteiger partial charge in [-0.1, -0.05) is 190 Å². The van der Waals surface area contributed by atoms with E-state index in [1.807, 2.05) is 0 Å². The number of fused-ring (bicyclic) bond motifs is 10. The Morgan fingerprint density at radius 1 is 0.302 bits per heavy atom. The zero-order chi connectivity index (χ0) is 35.3. The van der Waals surface area contributed by atoms with E-state index < -0.39 is 0 Å². The van der Waals surface area contributed by atoms with Crippen molar-refractivity contribution in [2.75, 3.05) is 0 Å². The molecule has 1 aliphatic rings. The zero-order valence-corrected chi connectivity index (χ0v) is 29.8.